The summed E-state index contributed by atoms with van der Waals surface area (Å²) in [5.41, 5.74) is 0. The number of likely N-dealkylation sites (tertiary alicyclic amines) is 1. The molecule has 0 spiro atoms. The minimum Gasteiger partial charge on any atom is -0.481 e. The highest BCUT2D eigenvalue weighted by atomic mass is 16.4. The number of carbonyl (C=O) groups excluding carboxylic acids is 1. The summed E-state index contributed by atoms with van der Waals surface area (Å²) >= 11 is 0. The van der Waals surface area contributed by atoms with Crippen LogP contribution < -0.4 is 10.6 Å². The highest BCUT2D eigenvalue weighted by Crippen LogP contribution is 2.20. The van der Waals surface area contributed by atoms with E-state index in [0.717, 1.165) is 25.9 Å². The molecule has 2 amide bonds. The van der Waals surface area contributed by atoms with Crippen LogP contribution in [-0.2, 0) is 4.79 Å². The number of carbonyl (C=O) groups is 2. The standard InChI is InChI=1S/C12H23N3O3/c1-13-6-2-7-14-12(18)15-8-5-10(9-15)3-4-11(16)17/h10,13H,2-9H2,1H3,(H,14,18)(H,16,17). The van der Waals surface area contributed by atoms with Crippen LogP contribution in [0.3, 0.4) is 0 Å². The number of nitrogens with zero attached hydrogens (tertiary/aromatic N) is 1. The number of carboxylic acid groups (broad SMARTS) is 1. The van der Waals surface area contributed by atoms with Gasteiger partial charge < -0.3 is 20.6 Å². The SMILES string of the molecule is CNCCCNC(=O)N1CCC(CCC(=O)O)C1. The Labute approximate surface area is 108 Å². The van der Waals surface area contributed by atoms with Gasteiger partial charge in [-0.1, -0.05) is 0 Å². The molecular formula is C12H23N3O3. The number of rotatable bonds is 7. The van der Waals surface area contributed by atoms with E-state index in [1.807, 2.05) is 7.05 Å². The van der Waals surface area contributed by atoms with E-state index in [2.05, 4.69) is 10.6 Å². The second-order valence-electron chi connectivity index (χ2n) is 4.72. The molecule has 0 radical (unpaired) electrons. The number of amides is 2. The van der Waals surface area contributed by atoms with E-state index in [0.29, 0.717) is 25.4 Å². The predicted octanol–water partition coefficient (Wildman–Crippen LogP) is 0.492. The third-order valence-electron chi connectivity index (χ3n) is 3.22. The summed E-state index contributed by atoms with van der Waals surface area (Å²) in [7, 11) is 1.88. The van der Waals surface area contributed by atoms with Crippen LogP contribution in [0.1, 0.15) is 25.7 Å². The summed E-state index contributed by atoms with van der Waals surface area (Å²) < 4.78 is 0. The summed E-state index contributed by atoms with van der Waals surface area (Å²) in [6, 6.07) is -0.0241. The molecule has 18 heavy (non-hydrogen) atoms. The summed E-state index contributed by atoms with van der Waals surface area (Å²) in [6.45, 7) is 2.99. The van der Waals surface area contributed by atoms with Gasteiger partial charge in [-0.25, -0.2) is 4.79 Å². The molecule has 3 N–H and O–H groups in total. The molecule has 6 nitrogen and oxygen atoms in total. The Kier molecular flexibility index (Phi) is 6.49. The second-order valence-corrected chi connectivity index (χ2v) is 4.72. The smallest absolute Gasteiger partial charge is 0.317 e. The maximum absolute atomic E-state index is 11.8. The first kappa shape index (κ1) is 14.8. The van der Waals surface area contributed by atoms with Gasteiger partial charge in [0.05, 0.1) is 0 Å². The number of hydrogen-bond donors (Lipinski definition) is 3. The lowest BCUT2D eigenvalue weighted by molar-refractivity contribution is -0.137. The minimum absolute atomic E-state index is 0.0241. The van der Waals surface area contributed by atoms with Gasteiger partial charge in [-0.3, -0.25) is 4.79 Å². The van der Waals surface area contributed by atoms with Crippen LogP contribution in [0.2, 0.25) is 0 Å². The van der Waals surface area contributed by atoms with Crippen molar-refractivity contribution in [3.8, 4) is 0 Å². The Balaban J connectivity index is 2.16. The first-order valence-corrected chi connectivity index (χ1v) is 6.52. The summed E-state index contributed by atoms with van der Waals surface area (Å²) in [6.07, 6.45) is 2.69. The monoisotopic (exact) mass is 257 g/mol. The van der Waals surface area contributed by atoms with Gasteiger partial charge in [0, 0.05) is 26.1 Å². The largest absolute Gasteiger partial charge is 0.481 e. The Morgan fingerprint density at radius 1 is 1.39 bits per heavy atom. The van der Waals surface area contributed by atoms with Crippen LogP contribution in [0.25, 0.3) is 0 Å². The molecule has 1 heterocycles. The number of urea groups is 1. The van der Waals surface area contributed by atoms with E-state index in [1.54, 1.807) is 4.90 Å². The van der Waals surface area contributed by atoms with Crippen molar-refractivity contribution in [1.82, 2.24) is 15.5 Å². The maximum Gasteiger partial charge on any atom is 0.317 e. The fraction of sp³-hybridized carbons (Fsp3) is 0.833. The van der Waals surface area contributed by atoms with E-state index in [-0.39, 0.29) is 12.5 Å². The van der Waals surface area contributed by atoms with Crippen molar-refractivity contribution in [1.29, 1.82) is 0 Å². The molecule has 104 valence electrons. The highest BCUT2D eigenvalue weighted by Gasteiger charge is 2.26. The number of nitrogens with one attached hydrogen (secondary N) is 2. The van der Waals surface area contributed by atoms with Gasteiger partial charge in [0.1, 0.15) is 0 Å². The van der Waals surface area contributed by atoms with Crippen LogP contribution in [-0.4, -0.2) is 55.2 Å². The predicted molar refractivity (Wildman–Crippen MR) is 68.5 cm³/mol. The second kappa shape index (κ2) is 7.92. The lowest BCUT2D eigenvalue weighted by Crippen LogP contribution is -2.39. The molecule has 1 unspecified atom stereocenters. The van der Waals surface area contributed by atoms with Crippen LogP contribution >= 0.6 is 0 Å². The average molecular weight is 257 g/mol. The highest BCUT2D eigenvalue weighted by molar-refractivity contribution is 5.74. The average Bonchev–Trinajstić information content (AvgIpc) is 2.80. The topological polar surface area (TPSA) is 81.7 Å². The lowest BCUT2D eigenvalue weighted by atomic mass is 10.0. The Morgan fingerprint density at radius 3 is 2.83 bits per heavy atom. The van der Waals surface area contributed by atoms with Gasteiger partial charge >= 0.3 is 12.0 Å². The fourth-order valence-corrected chi connectivity index (χ4v) is 2.15. The molecule has 0 aromatic rings. The quantitative estimate of drug-likeness (QED) is 0.580. The van der Waals surface area contributed by atoms with E-state index < -0.39 is 5.97 Å². The van der Waals surface area contributed by atoms with Crippen molar-refractivity contribution < 1.29 is 14.7 Å². The molecular weight excluding hydrogens is 234 g/mol. The van der Waals surface area contributed by atoms with E-state index in [4.69, 9.17) is 5.11 Å². The van der Waals surface area contributed by atoms with Crippen molar-refractivity contribution in [3.05, 3.63) is 0 Å². The van der Waals surface area contributed by atoms with Gasteiger partial charge in [0.2, 0.25) is 0 Å². The first-order chi connectivity index (χ1) is 8.63. The van der Waals surface area contributed by atoms with Crippen molar-refractivity contribution in [3.63, 3.8) is 0 Å². The third-order valence-corrected chi connectivity index (χ3v) is 3.22. The van der Waals surface area contributed by atoms with Gasteiger partial charge in [0.25, 0.3) is 0 Å². The molecule has 6 heteroatoms. The normalized spacial score (nSPS) is 18.9. The molecule has 1 saturated heterocycles. The first-order valence-electron chi connectivity index (χ1n) is 6.52. The van der Waals surface area contributed by atoms with E-state index >= 15 is 0 Å². The Morgan fingerprint density at radius 2 is 2.17 bits per heavy atom. The maximum atomic E-state index is 11.8. The molecule has 0 aromatic carbocycles. The van der Waals surface area contributed by atoms with Gasteiger partial charge in [0.15, 0.2) is 0 Å². The van der Waals surface area contributed by atoms with E-state index in [1.165, 1.54) is 0 Å². The van der Waals surface area contributed by atoms with Gasteiger partial charge in [-0.15, -0.1) is 0 Å². The molecule has 1 atom stereocenters. The summed E-state index contributed by atoms with van der Waals surface area (Å²) in [5.74, 6) is -0.422. The summed E-state index contributed by atoms with van der Waals surface area (Å²) in [5, 5.41) is 14.5. The minimum atomic E-state index is -0.759. The third kappa shape index (κ3) is 5.35. The number of aliphatic carboxylic acids is 1. The van der Waals surface area contributed by atoms with Crippen molar-refractivity contribution in [2.45, 2.75) is 25.7 Å². The van der Waals surface area contributed by atoms with Crippen LogP contribution in [0.4, 0.5) is 4.79 Å². The zero-order chi connectivity index (χ0) is 13.4. The zero-order valence-electron chi connectivity index (χ0n) is 10.9. The number of carboxylic acids is 1. The van der Waals surface area contributed by atoms with Gasteiger partial charge in [-0.05, 0) is 38.8 Å². The molecule has 0 saturated carbocycles. The Bertz CT molecular complexity index is 284. The fourth-order valence-electron chi connectivity index (χ4n) is 2.15. The van der Waals surface area contributed by atoms with Crippen LogP contribution in [0, 0.1) is 5.92 Å². The molecule has 1 aliphatic heterocycles. The molecule has 0 aliphatic carbocycles. The molecule has 0 aromatic heterocycles. The zero-order valence-corrected chi connectivity index (χ0v) is 10.9. The Hall–Kier alpha value is -1.30. The van der Waals surface area contributed by atoms with E-state index in [9.17, 15) is 9.59 Å². The number of hydrogen-bond acceptors (Lipinski definition) is 3. The van der Waals surface area contributed by atoms with Crippen molar-refractivity contribution in [2.75, 3.05) is 33.2 Å². The molecule has 1 aliphatic rings. The van der Waals surface area contributed by atoms with Crippen LogP contribution in [0.15, 0.2) is 0 Å². The molecule has 1 rings (SSSR count). The molecule has 0 bridgehead atoms. The van der Waals surface area contributed by atoms with Crippen LogP contribution in [0.5, 0.6) is 0 Å². The van der Waals surface area contributed by atoms with Gasteiger partial charge in [-0.2, -0.15) is 0 Å². The summed E-state index contributed by atoms with van der Waals surface area (Å²) in [4.78, 5) is 24.0. The lowest BCUT2D eigenvalue weighted by Gasteiger charge is -2.17. The van der Waals surface area contributed by atoms with Crippen molar-refractivity contribution in [2.24, 2.45) is 5.92 Å². The molecule has 1 fully saturated rings. The van der Waals surface area contributed by atoms with Crippen molar-refractivity contribution >= 4 is 12.0 Å².